The zero-order valence-electron chi connectivity index (χ0n) is 34.1. The minimum atomic E-state index is -1.55. The van der Waals surface area contributed by atoms with Crippen molar-refractivity contribution in [2.75, 3.05) is 46.2 Å². The molecule has 0 bridgehead atoms. The van der Waals surface area contributed by atoms with Crippen molar-refractivity contribution in [1.82, 2.24) is 4.90 Å². The van der Waals surface area contributed by atoms with E-state index in [9.17, 15) is 25.1 Å². The molecule has 4 aliphatic rings. The lowest BCUT2D eigenvalue weighted by atomic mass is 9.55. The van der Waals surface area contributed by atoms with Crippen LogP contribution in [0.25, 0.3) is 0 Å². The summed E-state index contributed by atoms with van der Waals surface area (Å²) in [6, 6.07) is 16.1. The number of ether oxygens (including phenoxy) is 6. The van der Waals surface area contributed by atoms with Crippen LogP contribution in [-0.4, -0.2) is 89.9 Å². The Morgan fingerprint density at radius 3 is 2.56 bits per heavy atom. The van der Waals surface area contributed by atoms with E-state index in [0.717, 1.165) is 42.4 Å². The first-order valence-electron chi connectivity index (χ1n) is 20.7. The van der Waals surface area contributed by atoms with Crippen LogP contribution in [0.1, 0.15) is 62.0 Å². The largest absolute Gasteiger partial charge is 0.459 e. The minimum absolute atomic E-state index is 0.00271. The number of hydrogen-bond donors (Lipinski definition) is 2. The average Bonchev–Trinajstić information content (AvgIpc) is 3.74. The van der Waals surface area contributed by atoms with E-state index in [1.165, 1.54) is 19.2 Å². The number of amides is 1. The molecule has 326 valence electrons. The third-order valence-corrected chi connectivity index (χ3v) is 12.0. The number of unbranched alkanes of at least 4 members (excludes halogenated alkanes) is 2. The number of nitro groups is 1. The quantitative estimate of drug-likeness (QED) is 0.0366. The molecule has 15 nitrogen and oxygen atoms in total. The average molecular weight is 862 g/mol. The number of halogens is 1. The summed E-state index contributed by atoms with van der Waals surface area (Å²) in [5.41, 5.74) is 2.92. The second-order valence-electron chi connectivity index (χ2n) is 15.4. The number of hydrogen-bond acceptors (Lipinski definition) is 13. The molecule has 2 N–H and O–H groups in total. The SMILES string of the molecule is C=CCO[C@@]12Oc3ccc(Oc4cccc([N+](=O)[O-])c4)cc3[C@H]3[C@H](CCCCO)[C@@H](CCCCO)C=C(C(=NOC)C[C@@H]1N(Cc1ccc4c(c1)OCO4)C(=O)OCCCl)[C@H]32. The van der Waals surface area contributed by atoms with Crippen molar-refractivity contribution < 1.29 is 53.2 Å². The zero-order valence-corrected chi connectivity index (χ0v) is 34.9. The fourth-order valence-electron chi connectivity index (χ4n) is 9.37. The summed E-state index contributed by atoms with van der Waals surface area (Å²) < 4.78 is 37.6. The van der Waals surface area contributed by atoms with Crippen LogP contribution in [0.15, 0.2) is 90.1 Å². The highest BCUT2D eigenvalue weighted by atomic mass is 35.5. The third-order valence-electron chi connectivity index (χ3n) is 11.8. The number of alkyl halides is 1. The van der Waals surface area contributed by atoms with E-state index in [-0.39, 0.29) is 75.5 Å². The monoisotopic (exact) mass is 861 g/mol. The van der Waals surface area contributed by atoms with Crippen molar-refractivity contribution in [3.63, 3.8) is 0 Å². The molecule has 0 unspecified atom stereocenters. The maximum atomic E-state index is 14.5. The van der Waals surface area contributed by atoms with E-state index in [2.05, 4.69) is 17.8 Å². The maximum Gasteiger partial charge on any atom is 0.410 e. The second kappa shape index (κ2) is 20.0. The van der Waals surface area contributed by atoms with Gasteiger partial charge in [-0.25, -0.2) is 4.79 Å². The first-order chi connectivity index (χ1) is 29.7. The number of nitrogens with zero attached hydrogens (tertiary/aromatic N) is 3. The van der Waals surface area contributed by atoms with Gasteiger partial charge in [0.15, 0.2) is 11.5 Å². The lowest BCUT2D eigenvalue weighted by Gasteiger charge is -2.59. The van der Waals surface area contributed by atoms with E-state index in [4.69, 9.17) is 44.9 Å². The third kappa shape index (κ3) is 9.30. The molecule has 2 aliphatic carbocycles. The van der Waals surface area contributed by atoms with Crippen LogP contribution in [0.5, 0.6) is 28.7 Å². The summed E-state index contributed by atoms with van der Waals surface area (Å²) in [6.45, 7) is 4.26. The number of benzene rings is 3. The van der Waals surface area contributed by atoms with Crippen molar-refractivity contribution in [3.05, 3.63) is 106 Å². The Hall–Kier alpha value is -5.35. The van der Waals surface area contributed by atoms with Crippen molar-refractivity contribution in [1.29, 1.82) is 0 Å². The van der Waals surface area contributed by atoms with E-state index < -0.39 is 28.8 Å². The van der Waals surface area contributed by atoms with Gasteiger partial charge >= 0.3 is 6.09 Å². The molecule has 2 heterocycles. The standard InChI is InChI=1S/C45H52ClN3O12/c1-3-20-59-45-41(48(44(52)56-21-17-46)27-29-13-15-39-40(22-29)58-28-57-39)26-37(47-55-2)35-23-30(9-4-6-18-50)34(12-5-7-19-51)42(43(35)45)36-25-33(14-16-38(36)61-45)60-32-11-8-10-31(24-32)49(53)54/h3,8,10-11,13-16,22-25,30,34,41-43,50-51H,1,4-7,9,12,17-21,26-28H2,2H3/t30-,34+,41-,42+,43+,45+/m0/s1. The molecule has 0 radical (unpaired) electrons. The number of aliphatic hydroxyl groups is 2. The molecule has 1 fully saturated rings. The summed E-state index contributed by atoms with van der Waals surface area (Å²) in [5, 5.41) is 36.0. The molecule has 3 aromatic rings. The number of carbonyl (C=O) groups excluding carboxylic acids is 1. The van der Waals surface area contributed by atoms with Gasteiger partial charge in [-0.05, 0) is 85.1 Å². The molecule has 0 aromatic heterocycles. The van der Waals surface area contributed by atoms with E-state index in [1.807, 2.05) is 24.3 Å². The van der Waals surface area contributed by atoms with Crippen molar-refractivity contribution in [2.45, 2.75) is 69.2 Å². The Balaban J connectivity index is 1.43. The summed E-state index contributed by atoms with van der Waals surface area (Å²) in [4.78, 5) is 32.8. The van der Waals surface area contributed by atoms with Crippen molar-refractivity contribution in [3.8, 4) is 28.7 Å². The van der Waals surface area contributed by atoms with Crippen LogP contribution in [0.2, 0.25) is 0 Å². The van der Waals surface area contributed by atoms with Gasteiger partial charge in [0.2, 0.25) is 12.6 Å². The van der Waals surface area contributed by atoms with Crippen LogP contribution < -0.4 is 18.9 Å². The molecular weight excluding hydrogens is 810 g/mol. The maximum absolute atomic E-state index is 14.5. The molecule has 6 atom stereocenters. The summed E-state index contributed by atoms with van der Waals surface area (Å²) in [6.07, 6.45) is 7.62. The van der Waals surface area contributed by atoms with Gasteiger partial charge in [-0.15, -0.1) is 18.2 Å². The molecular formula is C45H52ClN3O12. The summed E-state index contributed by atoms with van der Waals surface area (Å²) in [5.74, 6) is -0.0441. The highest BCUT2D eigenvalue weighted by molar-refractivity contribution is 6.18. The predicted molar refractivity (Wildman–Crippen MR) is 225 cm³/mol. The predicted octanol–water partition coefficient (Wildman–Crippen LogP) is 8.26. The number of non-ortho nitro benzene ring substituents is 1. The number of allylic oxidation sites excluding steroid dienone is 1. The number of oxime groups is 1. The Morgan fingerprint density at radius 2 is 1.80 bits per heavy atom. The topological polar surface area (TPSA) is 181 Å². The number of nitro benzene ring substituents is 1. The molecule has 3 aromatic carbocycles. The molecule has 1 saturated carbocycles. The Kier molecular flexibility index (Phi) is 14.3. The van der Waals surface area contributed by atoms with Crippen LogP contribution >= 0.6 is 11.6 Å². The summed E-state index contributed by atoms with van der Waals surface area (Å²) in [7, 11) is 1.48. The lowest BCUT2D eigenvalue weighted by molar-refractivity contribution is -0.384. The molecule has 61 heavy (non-hydrogen) atoms. The molecule has 0 saturated heterocycles. The van der Waals surface area contributed by atoms with Gasteiger partial charge in [-0.3, -0.25) is 15.0 Å². The number of fused-ring (bicyclic) bond motifs is 3. The first kappa shape index (κ1) is 43.7. The van der Waals surface area contributed by atoms with Gasteiger partial charge in [0, 0.05) is 43.7 Å². The van der Waals surface area contributed by atoms with Gasteiger partial charge in [0.1, 0.15) is 37.0 Å². The number of carbonyl (C=O) groups is 1. The van der Waals surface area contributed by atoms with E-state index in [0.29, 0.717) is 47.3 Å². The second-order valence-corrected chi connectivity index (χ2v) is 15.8. The Labute approximate surface area is 359 Å². The first-order valence-corrected chi connectivity index (χ1v) is 21.2. The number of rotatable bonds is 20. The van der Waals surface area contributed by atoms with Crippen LogP contribution in [0.3, 0.4) is 0 Å². The fourth-order valence-corrected chi connectivity index (χ4v) is 9.44. The van der Waals surface area contributed by atoms with Crippen molar-refractivity contribution in [2.24, 2.45) is 22.9 Å². The highest BCUT2D eigenvalue weighted by Crippen LogP contribution is 2.62. The summed E-state index contributed by atoms with van der Waals surface area (Å²) >= 11 is 6.07. The molecule has 1 amide bonds. The number of aliphatic hydroxyl groups excluding tert-OH is 2. The minimum Gasteiger partial charge on any atom is -0.459 e. The van der Waals surface area contributed by atoms with Gasteiger partial charge in [-0.1, -0.05) is 42.3 Å². The van der Waals surface area contributed by atoms with Gasteiger partial charge in [-0.2, -0.15) is 0 Å². The van der Waals surface area contributed by atoms with Crippen LogP contribution in [0, 0.1) is 27.9 Å². The zero-order chi connectivity index (χ0) is 42.9. The Morgan fingerprint density at radius 1 is 1.03 bits per heavy atom. The molecule has 2 aliphatic heterocycles. The van der Waals surface area contributed by atoms with Crippen molar-refractivity contribution >= 4 is 29.1 Å². The van der Waals surface area contributed by atoms with Gasteiger partial charge in [0.05, 0.1) is 35.1 Å². The smallest absolute Gasteiger partial charge is 0.410 e. The lowest BCUT2D eigenvalue weighted by Crippen LogP contribution is -2.70. The highest BCUT2D eigenvalue weighted by Gasteiger charge is 2.65. The van der Waals surface area contributed by atoms with E-state index >= 15 is 0 Å². The van der Waals surface area contributed by atoms with Gasteiger partial charge in [0.25, 0.3) is 5.69 Å². The Bertz CT molecular complexity index is 2110. The normalized spacial score (nSPS) is 23.8. The van der Waals surface area contributed by atoms with Crippen LogP contribution in [-0.2, 0) is 20.9 Å². The molecule has 16 heteroatoms. The fraction of sp³-hybridized carbons (Fsp3) is 0.467. The van der Waals surface area contributed by atoms with E-state index in [1.54, 1.807) is 35.2 Å². The molecule has 0 spiro atoms. The van der Waals surface area contributed by atoms with Crippen LogP contribution in [0.4, 0.5) is 10.5 Å². The van der Waals surface area contributed by atoms with Gasteiger partial charge < -0.3 is 43.5 Å². The molecule has 7 rings (SSSR count).